The molecule has 0 unspecified atom stereocenters. The molecule has 5 nitrogen and oxygen atoms in total. The molecular weight excluding hydrogens is 283 g/mol. The molecule has 0 saturated carbocycles. The zero-order chi connectivity index (χ0) is 16.1. The molecule has 0 aliphatic rings. The molecule has 0 radical (unpaired) electrons. The van der Waals surface area contributed by atoms with Crippen LogP contribution in [0.15, 0.2) is 30.3 Å². The van der Waals surface area contributed by atoms with Crippen LogP contribution < -0.4 is 10.2 Å². The van der Waals surface area contributed by atoms with Gasteiger partial charge in [0.2, 0.25) is 0 Å². The number of rotatable bonds is 5. The lowest BCUT2D eigenvalue weighted by atomic mass is 10.3. The number of halogens is 1. The Morgan fingerprint density at radius 2 is 1.95 bits per heavy atom. The molecule has 0 fully saturated rings. The molecule has 2 aromatic rings. The van der Waals surface area contributed by atoms with Crippen LogP contribution in [0, 0.1) is 12.7 Å². The van der Waals surface area contributed by atoms with Crippen LogP contribution in [0.1, 0.15) is 30.2 Å². The van der Waals surface area contributed by atoms with Crippen molar-refractivity contribution in [2.24, 2.45) is 0 Å². The molecule has 1 aromatic heterocycles. The summed E-state index contributed by atoms with van der Waals surface area (Å²) in [7, 11) is 0. The topological polar surface area (TPSA) is 58.1 Å². The SMILES string of the molecule is CCN(CC)c1cc(C(=O)Nc2cccc(F)c2)nc(C)n1. The summed E-state index contributed by atoms with van der Waals surface area (Å²) in [6, 6.07) is 7.40. The van der Waals surface area contributed by atoms with Crippen molar-refractivity contribution in [2.45, 2.75) is 20.8 Å². The molecule has 1 aromatic carbocycles. The third-order valence-electron chi connectivity index (χ3n) is 3.23. The summed E-state index contributed by atoms with van der Waals surface area (Å²) >= 11 is 0. The summed E-state index contributed by atoms with van der Waals surface area (Å²) in [5.41, 5.74) is 0.657. The number of nitrogens with zero attached hydrogens (tertiary/aromatic N) is 3. The summed E-state index contributed by atoms with van der Waals surface area (Å²) in [6.45, 7) is 7.36. The second-order valence-electron chi connectivity index (χ2n) is 4.80. The molecule has 1 amide bonds. The van der Waals surface area contributed by atoms with Crippen LogP contribution in [-0.4, -0.2) is 29.0 Å². The van der Waals surface area contributed by atoms with E-state index < -0.39 is 5.82 Å². The first kappa shape index (κ1) is 15.9. The molecular formula is C16H19FN4O. The van der Waals surface area contributed by atoms with E-state index in [1.54, 1.807) is 19.1 Å². The molecule has 0 bridgehead atoms. The molecule has 0 atom stereocenters. The second-order valence-corrected chi connectivity index (χ2v) is 4.80. The predicted molar refractivity (Wildman–Crippen MR) is 84.7 cm³/mol. The number of hydrogen-bond acceptors (Lipinski definition) is 4. The maximum absolute atomic E-state index is 13.2. The van der Waals surface area contributed by atoms with Crippen molar-refractivity contribution < 1.29 is 9.18 Å². The number of anilines is 2. The van der Waals surface area contributed by atoms with Gasteiger partial charge in [-0.3, -0.25) is 4.79 Å². The fourth-order valence-corrected chi connectivity index (χ4v) is 2.14. The summed E-state index contributed by atoms with van der Waals surface area (Å²) in [5.74, 6) is 0.445. The highest BCUT2D eigenvalue weighted by atomic mass is 19.1. The summed E-state index contributed by atoms with van der Waals surface area (Å²) < 4.78 is 13.2. The van der Waals surface area contributed by atoms with E-state index in [1.807, 2.05) is 18.7 Å². The first-order valence-electron chi connectivity index (χ1n) is 7.21. The standard InChI is InChI=1S/C16H19FN4O/c1-4-21(5-2)15-10-14(18-11(3)19-15)16(22)20-13-8-6-7-12(17)9-13/h6-10H,4-5H2,1-3H3,(H,20,22). The summed E-state index contributed by atoms with van der Waals surface area (Å²) in [4.78, 5) is 22.8. The van der Waals surface area contributed by atoms with Crippen LogP contribution in [0.25, 0.3) is 0 Å². The van der Waals surface area contributed by atoms with Crippen molar-refractivity contribution >= 4 is 17.4 Å². The lowest BCUT2D eigenvalue weighted by Gasteiger charge is -2.20. The number of carbonyl (C=O) groups excluding carboxylic acids is 1. The number of hydrogen-bond donors (Lipinski definition) is 1. The quantitative estimate of drug-likeness (QED) is 0.922. The normalized spacial score (nSPS) is 10.4. The molecule has 2 rings (SSSR count). The number of carbonyl (C=O) groups is 1. The van der Waals surface area contributed by atoms with Crippen molar-refractivity contribution in [1.82, 2.24) is 9.97 Å². The monoisotopic (exact) mass is 302 g/mol. The molecule has 0 saturated heterocycles. The largest absolute Gasteiger partial charge is 0.357 e. The Kier molecular flexibility index (Phi) is 5.04. The summed E-state index contributed by atoms with van der Waals surface area (Å²) in [6.07, 6.45) is 0. The van der Waals surface area contributed by atoms with Gasteiger partial charge in [-0.15, -0.1) is 0 Å². The molecule has 1 N–H and O–H groups in total. The van der Waals surface area contributed by atoms with Gasteiger partial charge in [0.05, 0.1) is 0 Å². The molecule has 0 spiro atoms. The van der Waals surface area contributed by atoms with Gasteiger partial charge in [0.15, 0.2) is 0 Å². The van der Waals surface area contributed by atoms with E-state index in [0.717, 1.165) is 13.1 Å². The minimum Gasteiger partial charge on any atom is -0.357 e. The van der Waals surface area contributed by atoms with E-state index in [-0.39, 0.29) is 11.6 Å². The first-order valence-corrected chi connectivity index (χ1v) is 7.21. The van der Waals surface area contributed by atoms with Gasteiger partial charge in [0, 0.05) is 24.8 Å². The van der Waals surface area contributed by atoms with Gasteiger partial charge in [0.1, 0.15) is 23.2 Å². The fourth-order valence-electron chi connectivity index (χ4n) is 2.14. The Morgan fingerprint density at radius 3 is 2.59 bits per heavy atom. The van der Waals surface area contributed by atoms with Crippen LogP contribution in [0.3, 0.4) is 0 Å². The van der Waals surface area contributed by atoms with Gasteiger partial charge >= 0.3 is 0 Å². The highest BCUT2D eigenvalue weighted by Gasteiger charge is 2.13. The fraction of sp³-hybridized carbons (Fsp3) is 0.312. The highest BCUT2D eigenvalue weighted by Crippen LogP contribution is 2.15. The van der Waals surface area contributed by atoms with Crippen molar-refractivity contribution in [3.05, 3.63) is 47.7 Å². The Balaban J connectivity index is 2.26. The van der Waals surface area contributed by atoms with Crippen molar-refractivity contribution in [2.75, 3.05) is 23.3 Å². The average molecular weight is 302 g/mol. The van der Waals surface area contributed by atoms with Crippen molar-refractivity contribution in [3.8, 4) is 0 Å². The van der Waals surface area contributed by atoms with Gasteiger partial charge in [-0.25, -0.2) is 14.4 Å². The van der Waals surface area contributed by atoms with E-state index >= 15 is 0 Å². The maximum atomic E-state index is 13.2. The minimum absolute atomic E-state index is 0.263. The van der Waals surface area contributed by atoms with E-state index in [2.05, 4.69) is 15.3 Å². The van der Waals surface area contributed by atoms with Crippen LogP contribution in [-0.2, 0) is 0 Å². The Labute approximate surface area is 129 Å². The number of benzene rings is 1. The van der Waals surface area contributed by atoms with Crippen molar-refractivity contribution in [1.29, 1.82) is 0 Å². The zero-order valence-corrected chi connectivity index (χ0v) is 12.9. The Morgan fingerprint density at radius 1 is 1.23 bits per heavy atom. The average Bonchev–Trinajstić information content (AvgIpc) is 2.48. The molecule has 0 aliphatic heterocycles. The van der Waals surface area contributed by atoms with Gasteiger partial charge in [-0.1, -0.05) is 6.07 Å². The van der Waals surface area contributed by atoms with Gasteiger partial charge < -0.3 is 10.2 Å². The van der Waals surface area contributed by atoms with Gasteiger partial charge in [-0.2, -0.15) is 0 Å². The predicted octanol–water partition coefficient (Wildman–Crippen LogP) is 3.02. The summed E-state index contributed by atoms with van der Waals surface area (Å²) in [5, 5.41) is 2.64. The molecule has 1 heterocycles. The van der Waals surface area contributed by atoms with E-state index in [1.165, 1.54) is 18.2 Å². The van der Waals surface area contributed by atoms with Crippen LogP contribution in [0.5, 0.6) is 0 Å². The first-order chi connectivity index (χ1) is 10.5. The third kappa shape index (κ3) is 3.78. The van der Waals surface area contributed by atoms with E-state index in [0.29, 0.717) is 17.3 Å². The Hall–Kier alpha value is -2.50. The van der Waals surface area contributed by atoms with E-state index in [9.17, 15) is 9.18 Å². The Bertz CT molecular complexity index is 671. The maximum Gasteiger partial charge on any atom is 0.274 e. The molecule has 6 heteroatoms. The van der Waals surface area contributed by atoms with Crippen molar-refractivity contribution in [3.63, 3.8) is 0 Å². The number of amides is 1. The van der Waals surface area contributed by atoms with Crippen LogP contribution in [0.2, 0.25) is 0 Å². The lowest BCUT2D eigenvalue weighted by Crippen LogP contribution is -2.24. The molecule has 116 valence electrons. The lowest BCUT2D eigenvalue weighted by molar-refractivity contribution is 0.102. The van der Waals surface area contributed by atoms with E-state index in [4.69, 9.17) is 0 Å². The second kappa shape index (κ2) is 6.98. The third-order valence-corrected chi connectivity index (χ3v) is 3.23. The van der Waals surface area contributed by atoms with Gasteiger partial charge in [-0.05, 0) is 39.0 Å². The van der Waals surface area contributed by atoms with Crippen LogP contribution in [0.4, 0.5) is 15.9 Å². The van der Waals surface area contributed by atoms with Gasteiger partial charge in [0.25, 0.3) is 5.91 Å². The van der Waals surface area contributed by atoms with Crippen LogP contribution >= 0.6 is 0 Å². The molecule has 0 aliphatic carbocycles. The minimum atomic E-state index is -0.402. The highest BCUT2D eigenvalue weighted by molar-refractivity contribution is 6.03. The smallest absolute Gasteiger partial charge is 0.274 e. The molecule has 22 heavy (non-hydrogen) atoms. The zero-order valence-electron chi connectivity index (χ0n) is 12.9. The number of aryl methyl sites for hydroxylation is 1. The number of aromatic nitrogens is 2. The number of nitrogens with one attached hydrogen (secondary N) is 1.